The predicted octanol–water partition coefficient (Wildman–Crippen LogP) is 1.80. The van der Waals surface area contributed by atoms with Gasteiger partial charge in [-0.1, -0.05) is 0 Å². The average Bonchev–Trinajstić information content (AvgIpc) is 2.83. The molecule has 0 spiro atoms. The maximum Gasteiger partial charge on any atom is 0.0991 e. The van der Waals surface area contributed by atoms with Crippen molar-refractivity contribution in [3.8, 4) is 6.07 Å². The number of rotatable bonds is 5. The third kappa shape index (κ3) is 3.30. The second-order valence-corrected chi connectivity index (χ2v) is 5.87. The molecule has 4 nitrogen and oxygen atoms in total. The summed E-state index contributed by atoms with van der Waals surface area (Å²) in [6, 6.07) is 11.3. The van der Waals surface area contributed by atoms with Crippen molar-refractivity contribution in [2.45, 2.75) is 31.3 Å². The largest absolute Gasteiger partial charge is 0.385 e. The Morgan fingerprint density at radius 3 is 2.55 bits per heavy atom. The summed E-state index contributed by atoms with van der Waals surface area (Å²) >= 11 is 0. The van der Waals surface area contributed by atoms with E-state index in [9.17, 15) is 0 Å². The second-order valence-electron chi connectivity index (χ2n) is 5.87. The van der Waals surface area contributed by atoms with Crippen molar-refractivity contribution in [3.63, 3.8) is 0 Å². The summed E-state index contributed by atoms with van der Waals surface area (Å²) in [5.41, 5.74) is 1.82. The number of fused-ring (bicyclic) bond motifs is 2. The summed E-state index contributed by atoms with van der Waals surface area (Å²) in [6.45, 7) is 4.60. The monoisotopic (exact) mass is 270 g/mol. The van der Waals surface area contributed by atoms with Crippen LogP contribution in [0.2, 0.25) is 0 Å². The van der Waals surface area contributed by atoms with Gasteiger partial charge in [-0.25, -0.2) is 0 Å². The number of nitrogens with one attached hydrogen (secondary N) is 2. The highest BCUT2D eigenvalue weighted by molar-refractivity contribution is 5.46. The molecule has 0 saturated carbocycles. The summed E-state index contributed by atoms with van der Waals surface area (Å²) < 4.78 is 0. The van der Waals surface area contributed by atoms with Crippen molar-refractivity contribution < 1.29 is 0 Å². The van der Waals surface area contributed by atoms with Crippen LogP contribution in [0.25, 0.3) is 0 Å². The first-order valence-corrected chi connectivity index (χ1v) is 7.56. The fourth-order valence-corrected chi connectivity index (χ4v) is 3.27. The van der Waals surface area contributed by atoms with Crippen molar-refractivity contribution in [2.75, 3.05) is 31.5 Å². The zero-order valence-electron chi connectivity index (χ0n) is 11.8. The van der Waals surface area contributed by atoms with E-state index in [-0.39, 0.29) is 0 Å². The molecule has 2 aliphatic heterocycles. The van der Waals surface area contributed by atoms with Crippen LogP contribution in [-0.4, -0.2) is 43.2 Å². The van der Waals surface area contributed by atoms with Crippen LogP contribution < -0.4 is 10.6 Å². The summed E-state index contributed by atoms with van der Waals surface area (Å²) in [5.74, 6) is 0. The first-order valence-electron chi connectivity index (χ1n) is 7.56. The molecule has 2 bridgehead atoms. The molecule has 2 N–H and O–H groups in total. The van der Waals surface area contributed by atoms with Gasteiger partial charge in [0.05, 0.1) is 11.6 Å². The summed E-state index contributed by atoms with van der Waals surface area (Å²) in [4.78, 5) is 2.60. The minimum atomic E-state index is 0.715. The first-order chi connectivity index (χ1) is 9.83. The molecule has 0 aromatic heterocycles. The highest BCUT2D eigenvalue weighted by Gasteiger charge is 2.31. The molecule has 2 atom stereocenters. The lowest BCUT2D eigenvalue weighted by Crippen LogP contribution is -2.51. The van der Waals surface area contributed by atoms with Crippen molar-refractivity contribution in [3.05, 3.63) is 29.8 Å². The lowest BCUT2D eigenvalue weighted by atomic mass is 10.2. The smallest absolute Gasteiger partial charge is 0.0991 e. The number of piperazine rings is 1. The molecule has 2 fully saturated rings. The van der Waals surface area contributed by atoms with Gasteiger partial charge in [-0.05, 0) is 50.1 Å². The van der Waals surface area contributed by atoms with E-state index in [1.54, 1.807) is 0 Å². The van der Waals surface area contributed by atoms with Crippen molar-refractivity contribution in [2.24, 2.45) is 0 Å². The van der Waals surface area contributed by atoms with Crippen LogP contribution in [0.15, 0.2) is 24.3 Å². The van der Waals surface area contributed by atoms with Crippen LogP contribution in [0, 0.1) is 11.3 Å². The molecule has 4 heteroatoms. The number of likely N-dealkylation sites (tertiary alicyclic amines) is 1. The Hall–Kier alpha value is -1.57. The van der Waals surface area contributed by atoms with Gasteiger partial charge in [0.2, 0.25) is 0 Å². The van der Waals surface area contributed by atoms with E-state index in [2.05, 4.69) is 21.6 Å². The summed E-state index contributed by atoms with van der Waals surface area (Å²) in [5, 5.41) is 15.8. The molecule has 0 radical (unpaired) electrons. The van der Waals surface area contributed by atoms with Gasteiger partial charge in [-0.3, -0.25) is 0 Å². The Labute approximate surface area is 120 Å². The van der Waals surface area contributed by atoms with E-state index in [1.165, 1.54) is 38.9 Å². The fourth-order valence-electron chi connectivity index (χ4n) is 3.27. The molecule has 0 amide bonds. The van der Waals surface area contributed by atoms with Gasteiger partial charge in [0, 0.05) is 37.4 Å². The number of benzene rings is 1. The molecule has 20 heavy (non-hydrogen) atoms. The summed E-state index contributed by atoms with van der Waals surface area (Å²) in [6.07, 6.45) is 3.87. The molecule has 106 valence electrons. The minimum absolute atomic E-state index is 0.715. The highest BCUT2D eigenvalue weighted by atomic mass is 15.2. The molecule has 0 aliphatic carbocycles. The van der Waals surface area contributed by atoms with Crippen LogP contribution >= 0.6 is 0 Å². The van der Waals surface area contributed by atoms with Crippen molar-refractivity contribution in [1.29, 1.82) is 5.26 Å². The molecular weight excluding hydrogens is 248 g/mol. The third-order valence-electron chi connectivity index (χ3n) is 4.29. The lowest BCUT2D eigenvalue weighted by molar-refractivity contribution is 0.196. The maximum absolute atomic E-state index is 8.75. The van der Waals surface area contributed by atoms with Gasteiger partial charge >= 0.3 is 0 Å². The molecule has 3 rings (SSSR count). The predicted molar refractivity (Wildman–Crippen MR) is 80.6 cm³/mol. The van der Waals surface area contributed by atoms with Crippen molar-refractivity contribution in [1.82, 2.24) is 10.2 Å². The Morgan fingerprint density at radius 1 is 1.20 bits per heavy atom. The number of hydrogen-bond donors (Lipinski definition) is 2. The van der Waals surface area contributed by atoms with Crippen molar-refractivity contribution >= 4 is 5.69 Å². The van der Waals surface area contributed by atoms with E-state index < -0.39 is 0 Å². The number of nitriles is 1. The zero-order chi connectivity index (χ0) is 13.8. The molecular formula is C16H22N4. The number of hydrogen-bond acceptors (Lipinski definition) is 4. The standard InChI is InChI=1S/C16H22N4/c17-10-13-2-4-14(5-3-13)18-8-1-9-20-11-15-6-7-16(12-20)19-15/h2-5,15-16,18-19H,1,6-9,11-12H2. The fraction of sp³-hybridized carbons (Fsp3) is 0.562. The molecule has 2 unspecified atom stereocenters. The van der Waals surface area contributed by atoms with E-state index in [0.717, 1.165) is 24.3 Å². The molecule has 1 aromatic rings. The second kappa shape index (κ2) is 6.25. The lowest BCUT2D eigenvalue weighted by Gasteiger charge is -2.32. The Balaban J connectivity index is 1.36. The van der Waals surface area contributed by atoms with Gasteiger partial charge in [0.25, 0.3) is 0 Å². The van der Waals surface area contributed by atoms with Gasteiger partial charge in [-0.15, -0.1) is 0 Å². The normalized spacial score (nSPS) is 25.4. The number of nitrogens with zero attached hydrogens (tertiary/aromatic N) is 2. The van der Waals surface area contributed by atoms with Gasteiger partial charge in [0.1, 0.15) is 0 Å². The van der Waals surface area contributed by atoms with E-state index >= 15 is 0 Å². The average molecular weight is 270 g/mol. The molecule has 1 aromatic carbocycles. The Kier molecular flexibility index (Phi) is 4.19. The van der Waals surface area contributed by atoms with Crippen LogP contribution in [0.3, 0.4) is 0 Å². The summed E-state index contributed by atoms with van der Waals surface area (Å²) in [7, 11) is 0. The minimum Gasteiger partial charge on any atom is -0.385 e. The van der Waals surface area contributed by atoms with E-state index in [4.69, 9.17) is 5.26 Å². The van der Waals surface area contributed by atoms with E-state index in [1.807, 2.05) is 24.3 Å². The van der Waals surface area contributed by atoms with Crippen LogP contribution in [0.5, 0.6) is 0 Å². The quantitative estimate of drug-likeness (QED) is 0.801. The van der Waals surface area contributed by atoms with Crippen LogP contribution in [-0.2, 0) is 0 Å². The zero-order valence-corrected chi connectivity index (χ0v) is 11.8. The SMILES string of the molecule is N#Cc1ccc(NCCCN2CC3CCC(C2)N3)cc1. The Morgan fingerprint density at radius 2 is 1.90 bits per heavy atom. The molecule has 2 aliphatic rings. The van der Waals surface area contributed by atoms with Gasteiger partial charge in [0.15, 0.2) is 0 Å². The molecule has 2 saturated heterocycles. The topological polar surface area (TPSA) is 51.1 Å². The maximum atomic E-state index is 8.75. The first kappa shape index (κ1) is 13.4. The highest BCUT2D eigenvalue weighted by Crippen LogP contribution is 2.20. The third-order valence-corrected chi connectivity index (χ3v) is 4.29. The Bertz CT molecular complexity index is 464. The van der Waals surface area contributed by atoms with Gasteiger partial charge < -0.3 is 15.5 Å². The number of anilines is 1. The molecule has 2 heterocycles. The van der Waals surface area contributed by atoms with Crippen LogP contribution in [0.4, 0.5) is 5.69 Å². The van der Waals surface area contributed by atoms with Gasteiger partial charge in [-0.2, -0.15) is 5.26 Å². The van der Waals surface area contributed by atoms with E-state index in [0.29, 0.717) is 5.56 Å². The van der Waals surface area contributed by atoms with Crippen LogP contribution in [0.1, 0.15) is 24.8 Å².